The number of benzene rings is 2. The van der Waals surface area contributed by atoms with Crippen molar-refractivity contribution >= 4 is 50.1 Å². The van der Waals surface area contributed by atoms with Crippen LogP contribution in [0, 0.1) is 0 Å². The maximum atomic E-state index is 13.5. The van der Waals surface area contributed by atoms with E-state index in [-0.39, 0.29) is 41.2 Å². The third kappa shape index (κ3) is 6.89. The van der Waals surface area contributed by atoms with E-state index in [1.807, 2.05) is 23.2 Å². The number of hydrogen-bond donors (Lipinski definition) is 2. The maximum Gasteiger partial charge on any atom is 0.282 e. The van der Waals surface area contributed by atoms with E-state index in [0.29, 0.717) is 47.6 Å². The molecule has 0 saturated carbocycles. The predicted octanol–water partition coefficient (Wildman–Crippen LogP) is 4.53. The van der Waals surface area contributed by atoms with Gasteiger partial charge in [0.25, 0.3) is 11.5 Å². The molecular weight excluding hydrogens is 686 g/mol. The molecule has 3 atom stereocenters. The first-order valence-electron chi connectivity index (χ1n) is 16.9. The van der Waals surface area contributed by atoms with Crippen molar-refractivity contribution < 1.29 is 14.4 Å². The SMILES string of the molecule is CN1C[C@@H](Nc2cnn(C)c(=O)c2Br)C[C@@H](c2ccc(C(=O)N3CCC(c4ccc5c(C6CCC(=O)NC6=O)cncc5c4)CC3)cc2)C1. The van der Waals surface area contributed by atoms with Crippen LogP contribution in [0.4, 0.5) is 5.69 Å². The van der Waals surface area contributed by atoms with E-state index in [1.54, 1.807) is 19.4 Å². The largest absolute Gasteiger partial charge is 0.379 e. The number of halogens is 1. The third-order valence-corrected chi connectivity index (χ3v) is 11.1. The molecule has 254 valence electrons. The Balaban J connectivity index is 0.969. The average molecular weight is 727 g/mol. The third-order valence-electron chi connectivity index (χ3n) is 10.4. The van der Waals surface area contributed by atoms with Crippen LogP contribution in [-0.2, 0) is 16.6 Å². The number of aromatic nitrogens is 3. The van der Waals surface area contributed by atoms with E-state index >= 15 is 0 Å². The molecule has 1 unspecified atom stereocenters. The Morgan fingerprint density at radius 1 is 0.918 bits per heavy atom. The Labute approximate surface area is 293 Å². The fourth-order valence-corrected chi connectivity index (χ4v) is 8.21. The fourth-order valence-electron chi connectivity index (χ4n) is 7.73. The van der Waals surface area contributed by atoms with Gasteiger partial charge in [0.2, 0.25) is 11.8 Å². The summed E-state index contributed by atoms with van der Waals surface area (Å²) in [6, 6.07) is 14.6. The van der Waals surface area contributed by atoms with Crippen molar-refractivity contribution in [2.24, 2.45) is 7.05 Å². The molecule has 2 aromatic heterocycles. The topological polar surface area (TPSA) is 130 Å². The average Bonchev–Trinajstić information content (AvgIpc) is 3.11. The van der Waals surface area contributed by atoms with E-state index in [9.17, 15) is 19.2 Å². The van der Waals surface area contributed by atoms with Gasteiger partial charge in [0.15, 0.2) is 0 Å². The molecule has 3 amide bonds. The van der Waals surface area contributed by atoms with E-state index in [0.717, 1.165) is 48.7 Å². The first-order chi connectivity index (χ1) is 23.6. The van der Waals surface area contributed by atoms with Gasteiger partial charge in [-0.05, 0) is 101 Å². The predicted molar refractivity (Wildman–Crippen MR) is 191 cm³/mol. The molecule has 3 aliphatic rings. The van der Waals surface area contributed by atoms with Crippen molar-refractivity contribution in [3.05, 3.63) is 98.1 Å². The van der Waals surface area contributed by atoms with Gasteiger partial charge in [-0.25, -0.2) is 4.68 Å². The van der Waals surface area contributed by atoms with E-state index in [1.165, 1.54) is 15.8 Å². The van der Waals surface area contributed by atoms with Crippen molar-refractivity contribution in [1.82, 2.24) is 29.9 Å². The number of carbonyl (C=O) groups excluding carboxylic acids is 3. The van der Waals surface area contributed by atoms with Gasteiger partial charge in [0.05, 0.1) is 17.8 Å². The van der Waals surface area contributed by atoms with E-state index in [2.05, 4.69) is 78.9 Å². The second-order valence-corrected chi connectivity index (χ2v) is 14.5. The molecule has 2 aromatic carbocycles. The number of likely N-dealkylation sites (N-methyl/N-ethyl adjacent to an activating group) is 1. The Bertz CT molecular complexity index is 1970. The Morgan fingerprint density at radius 2 is 1.67 bits per heavy atom. The number of aryl methyl sites for hydroxylation is 1. The Hall–Kier alpha value is -4.42. The first kappa shape index (κ1) is 33.1. The van der Waals surface area contributed by atoms with Crippen LogP contribution in [0.2, 0.25) is 0 Å². The number of rotatable bonds is 6. The zero-order valence-electron chi connectivity index (χ0n) is 27.7. The zero-order chi connectivity index (χ0) is 34.2. The quantitative estimate of drug-likeness (QED) is 0.278. The lowest BCUT2D eigenvalue weighted by Gasteiger charge is -2.37. The molecule has 5 heterocycles. The highest BCUT2D eigenvalue weighted by Gasteiger charge is 2.31. The molecule has 11 nitrogen and oxygen atoms in total. The van der Waals surface area contributed by atoms with Crippen LogP contribution in [0.25, 0.3) is 10.8 Å². The van der Waals surface area contributed by atoms with Crippen LogP contribution in [0.3, 0.4) is 0 Å². The van der Waals surface area contributed by atoms with Crippen molar-refractivity contribution in [3.8, 4) is 0 Å². The number of nitrogens with one attached hydrogen (secondary N) is 2. The van der Waals surface area contributed by atoms with Crippen LogP contribution in [-0.4, -0.2) is 81.6 Å². The number of carbonyl (C=O) groups is 3. The number of piperidine rings is 3. The molecule has 3 aliphatic heterocycles. The van der Waals surface area contributed by atoms with E-state index < -0.39 is 0 Å². The normalized spacial score (nSPS) is 22.3. The van der Waals surface area contributed by atoms with Crippen molar-refractivity contribution in [3.63, 3.8) is 0 Å². The number of likely N-dealkylation sites (tertiary alicyclic amines) is 2. The summed E-state index contributed by atoms with van der Waals surface area (Å²) in [6.07, 6.45) is 8.73. The lowest BCUT2D eigenvalue weighted by molar-refractivity contribution is -0.134. The van der Waals surface area contributed by atoms with Crippen LogP contribution in [0.1, 0.15) is 76.9 Å². The molecule has 0 spiro atoms. The van der Waals surface area contributed by atoms with Gasteiger partial charge < -0.3 is 15.1 Å². The zero-order valence-corrected chi connectivity index (χ0v) is 29.3. The molecule has 4 aromatic rings. The summed E-state index contributed by atoms with van der Waals surface area (Å²) < 4.78 is 1.79. The smallest absolute Gasteiger partial charge is 0.282 e. The monoisotopic (exact) mass is 725 g/mol. The molecule has 3 fully saturated rings. The minimum atomic E-state index is -0.376. The molecule has 0 bridgehead atoms. The minimum Gasteiger partial charge on any atom is -0.379 e. The fraction of sp³-hybridized carbons (Fsp3) is 0.405. The summed E-state index contributed by atoms with van der Waals surface area (Å²) >= 11 is 3.42. The van der Waals surface area contributed by atoms with Crippen LogP contribution in [0.15, 0.2) is 70.3 Å². The van der Waals surface area contributed by atoms with Gasteiger partial charge in [-0.15, -0.1) is 0 Å². The molecule has 0 aliphatic carbocycles. The molecule has 3 saturated heterocycles. The number of fused-ring (bicyclic) bond motifs is 1. The standard InChI is InChI=1S/C37H40BrN7O4/c1-43-20-27(16-28(21-43)41-32-19-40-44(2)37(49)34(32)38)22-3-5-24(6-4-22)36(48)45-13-11-23(12-14-45)25-7-8-29-26(15-25)17-39-18-31(29)30-9-10-33(46)42-35(30)47/h3-8,15,17-19,23,27-28,30,41H,9-14,16,20-21H2,1-2H3,(H,42,46,47)/t27-,28+,30?/m1/s1. The number of pyridine rings is 1. The van der Waals surface area contributed by atoms with E-state index in [4.69, 9.17) is 0 Å². The van der Waals surface area contributed by atoms with Gasteiger partial charge in [-0.2, -0.15) is 5.10 Å². The number of amides is 3. The lowest BCUT2D eigenvalue weighted by Crippen LogP contribution is -2.43. The molecule has 0 radical (unpaired) electrons. The maximum absolute atomic E-state index is 13.5. The Kier molecular flexibility index (Phi) is 9.34. The minimum absolute atomic E-state index is 0.0601. The summed E-state index contributed by atoms with van der Waals surface area (Å²) in [5, 5.41) is 12.1. The molecule has 12 heteroatoms. The molecule has 49 heavy (non-hydrogen) atoms. The summed E-state index contributed by atoms with van der Waals surface area (Å²) in [7, 11) is 3.74. The van der Waals surface area contributed by atoms with Crippen LogP contribution in [0.5, 0.6) is 0 Å². The van der Waals surface area contributed by atoms with Gasteiger partial charge in [-0.3, -0.25) is 29.5 Å². The van der Waals surface area contributed by atoms with Crippen molar-refractivity contribution in [1.29, 1.82) is 0 Å². The molecule has 7 rings (SSSR count). The lowest BCUT2D eigenvalue weighted by atomic mass is 9.85. The van der Waals surface area contributed by atoms with Crippen molar-refractivity contribution in [2.75, 3.05) is 38.5 Å². The number of imide groups is 1. The van der Waals surface area contributed by atoms with Gasteiger partial charge in [-0.1, -0.05) is 24.3 Å². The van der Waals surface area contributed by atoms with Gasteiger partial charge in [0.1, 0.15) is 4.47 Å². The highest BCUT2D eigenvalue weighted by Crippen LogP contribution is 2.35. The van der Waals surface area contributed by atoms with Crippen molar-refractivity contribution in [2.45, 2.75) is 55.9 Å². The highest BCUT2D eigenvalue weighted by molar-refractivity contribution is 9.10. The number of anilines is 1. The summed E-state index contributed by atoms with van der Waals surface area (Å²) in [6.45, 7) is 3.14. The Morgan fingerprint density at radius 3 is 2.43 bits per heavy atom. The second-order valence-electron chi connectivity index (χ2n) is 13.7. The summed E-state index contributed by atoms with van der Waals surface area (Å²) in [4.78, 5) is 58.7. The molecule has 2 N–H and O–H groups in total. The number of hydrogen-bond acceptors (Lipinski definition) is 8. The van der Waals surface area contributed by atoms with Crippen LogP contribution < -0.4 is 16.2 Å². The summed E-state index contributed by atoms with van der Waals surface area (Å²) in [5.74, 6) is -0.180. The summed E-state index contributed by atoms with van der Waals surface area (Å²) in [5.41, 5.74) is 4.50. The second kappa shape index (κ2) is 13.8. The van der Waals surface area contributed by atoms with Gasteiger partial charge in [0, 0.05) is 69.0 Å². The molecular formula is C37H40BrN7O4. The highest BCUT2D eigenvalue weighted by atomic mass is 79.9. The number of nitrogens with zero attached hydrogens (tertiary/aromatic N) is 5. The first-order valence-corrected chi connectivity index (χ1v) is 17.7. The van der Waals surface area contributed by atoms with Crippen LogP contribution >= 0.6 is 15.9 Å². The van der Waals surface area contributed by atoms with Gasteiger partial charge >= 0.3 is 0 Å².